The predicted octanol–water partition coefficient (Wildman–Crippen LogP) is 1.26. The first-order valence-electron chi connectivity index (χ1n) is 5.99. The van der Waals surface area contributed by atoms with Crippen molar-refractivity contribution in [1.82, 2.24) is 9.97 Å². The number of piperidine rings is 1. The number of carbonyl (C=O) groups excluding carboxylic acids is 1. The number of ether oxygens (including phenoxy) is 1. The Kier molecular flexibility index (Phi) is 3.90. The number of carbonyl (C=O) groups is 1. The van der Waals surface area contributed by atoms with Gasteiger partial charge in [-0.1, -0.05) is 0 Å². The van der Waals surface area contributed by atoms with E-state index in [2.05, 4.69) is 14.9 Å². The average molecular weight is 235 g/mol. The summed E-state index contributed by atoms with van der Waals surface area (Å²) in [6, 6.07) is 1.87. The molecule has 0 aromatic carbocycles. The molecular weight excluding hydrogens is 218 g/mol. The van der Waals surface area contributed by atoms with E-state index in [1.54, 1.807) is 6.20 Å². The van der Waals surface area contributed by atoms with Crippen molar-refractivity contribution >= 4 is 11.8 Å². The highest BCUT2D eigenvalue weighted by molar-refractivity contribution is 5.73. The van der Waals surface area contributed by atoms with Crippen molar-refractivity contribution in [3.05, 3.63) is 18.6 Å². The summed E-state index contributed by atoms with van der Waals surface area (Å²) in [6.07, 6.45) is 5.15. The van der Waals surface area contributed by atoms with Crippen molar-refractivity contribution in [1.29, 1.82) is 0 Å². The minimum atomic E-state index is -0.0914. The Balaban J connectivity index is 2.00. The fourth-order valence-corrected chi connectivity index (χ4v) is 2.11. The fraction of sp³-hybridized carbons (Fsp3) is 0.583. The molecule has 2 rings (SSSR count). The summed E-state index contributed by atoms with van der Waals surface area (Å²) in [7, 11) is 0. The van der Waals surface area contributed by atoms with Crippen LogP contribution < -0.4 is 4.90 Å². The molecule has 0 amide bonds. The molecule has 0 N–H and O–H groups in total. The van der Waals surface area contributed by atoms with Crippen LogP contribution in [0.2, 0.25) is 0 Å². The highest BCUT2D eigenvalue weighted by atomic mass is 16.5. The number of esters is 1. The van der Waals surface area contributed by atoms with Gasteiger partial charge >= 0.3 is 5.97 Å². The van der Waals surface area contributed by atoms with E-state index >= 15 is 0 Å². The van der Waals surface area contributed by atoms with Crippen molar-refractivity contribution in [2.45, 2.75) is 19.8 Å². The Morgan fingerprint density at radius 1 is 1.65 bits per heavy atom. The molecule has 0 radical (unpaired) electrons. The smallest absolute Gasteiger partial charge is 0.310 e. The first kappa shape index (κ1) is 11.8. The quantitative estimate of drug-likeness (QED) is 0.738. The second kappa shape index (κ2) is 5.61. The zero-order valence-corrected chi connectivity index (χ0v) is 10.0. The molecule has 1 aromatic heterocycles. The van der Waals surface area contributed by atoms with Gasteiger partial charge in [-0.3, -0.25) is 4.79 Å². The molecule has 2 heterocycles. The number of anilines is 1. The summed E-state index contributed by atoms with van der Waals surface area (Å²) in [5.74, 6) is 0.763. The van der Waals surface area contributed by atoms with Crippen molar-refractivity contribution in [3.8, 4) is 0 Å². The molecule has 0 saturated carbocycles. The van der Waals surface area contributed by atoms with E-state index in [1.807, 2.05) is 13.0 Å². The van der Waals surface area contributed by atoms with Crippen LogP contribution in [0, 0.1) is 5.92 Å². The van der Waals surface area contributed by atoms with E-state index in [0.29, 0.717) is 13.2 Å². The van der Waals surface area contributed by atoms with Crippen LogP contribution in [0.5, 0.6) is 0 Å². The van der Waals surface area contributed by atoms with Crippen LogP contribution in [-0.2, 0) is 9.53 Å². The molecule has 17 heavy (non-hydrogen) atoms. The second-order valence-electron chi connectivity index (χ2n) is 4.10. The molecule has 1 saturated heterocycles. The molecule has 5 heteroatoms. The van der Waals surface area contributed by atoms with E-state index in [1.165, 1.54) is 6.33 Å². The number of aromatic nitrogens is 2. The van der Waals surface area contributed by atoms with Crippen LogP contribution in [0.25, 0.3) is 0 Å². The zero-order valence-electron chi connectivity index (χ0n) is 10.0. The van der Waals surface area contributed by atoms with Gasteiger partial charge in [0.1, 0.15) is 12.1 Å². The fourth-order valence-electron chi connectivity index (χ4n) is 2.11. The normalized spacial score (nSPS) is 20.1. The van der Waals surface area contributed by atoms with Crippen LogP contribution >= 0.6 is 0 Å². The van der Waals surface area contributed by atoms with Crippen LogP contribution in [-0.4, -0.2) is 35.6 Å². The summed E-state index contributed by atoms with van der Waals surface area (Å²) in [4.78, 5) is 21.9. The van der Waals surface area contributed by atoms with Gasteiger partial charge in [0.2, 0.25) is 0 Å². The maximum Gasteiger partial charge on any atom is 0.310 e. The van der Waals surface area contributed by atoms with Gasteiger partial charge in [-0.2, -0.15) is 0 Å². The lowest BCUT2D eigenvalue weighted by molar-refractivity contribution is -0.148. The largest absolute Gasteiger partial charge is 0.466 e. The molecule has 1 aromatic rings. The van der Waals surface area contributed by atoms with Gasteiger partial charge in [-0.05, 0) is 25.8 Å². The number of rotatable bonds is 3. The first-order valence-corrected chi connectivity index (χ1v) is 5.99. The number of hydrogen-bond donors (Lipinski definition) is 0. The standard InChI is InChI=1S/C12H17N3O2/c1-2-17-12(16)10-4-3-7-15(8-10)11-5-6-13-9-14-11/h5-6,9-10H,2-4,7-8H2,1H3. The lowest BCUT2D eigenvalue weighted by Crippen LogP contribution is -2.39. The number of nitrogens with zero attached hydrogens (tertiary/aromatic N) is 3. The molecule has 5 nitrogen and oxygen atoms in total. The Morgan fingerprint density at radius 2 is 2.53 bits per heavy atom. The summed E-state index contributed by atoms with van der Waals surface area (Å²) < 4.78 is 5.07. The molecule has 92 valence electrons. The van der Waals surface area contributed by atoms with Gasteiger partial charge in [-0.15, -0.1) is 0 Å². The Hall–Kier alpha value is -1.65. The van der Waals surface area contributed by atoms with E-state index < -0.39 is 0 Å². The van der Waals surface area contributed by atoms with Gasteiger partial charge < -0.3 is 9.64 Å². The predicted molar refractivity (Wildman–Crippen MR) is 63.6 cm³/mol. The Morgan fingerprint density at radius 3 is 3.24 bits per heavy atom. The van der Waals surface area contributed by atoms with Crippen LogP contribution in [0.1, 0.15) is 19.8 Å². The molecule has 0 spiro atoms. The molecular formula is C12H17N3O2. The minimum Gasteiger partial charge on any atom is -0.466 e. The Labute approximate surface area is 101 Å². The topological polar surface area (TPSA) is 55.3 Å². The highest BCUT2D eigenvalue weighted by Gasteiger charge is 2.27. The molecule has 1 atom stereocenters. The summed E-state index contributed by atoms with van der Waals surface area (Å²) >= 11 is 0. The van der Waals surface area contributed by atoms with Crippen molar-refractivity contribution in [2.24, 2.45) is 5.92 Å². The minimum absolute atomic E-state index is 0.0290. The third-order valence-electron chi connectivity index (χ3n) is 2.93. The van der Waals surface area contributed by atoms with Crippen LogP contribution in [0.4, 0.5) is 5.82 Å². The summed E-state index contributed by atoms with van der Waals surface area (Å²) in [5.41, 5.74) is 0. The van der Waals surface area contributed by atoms with Crippen molar-refractivity contribution in [2.75, 3.05) is 24.6 Å². The maximum atomic E-state index is 11.7. The van der Waals surface area contributed by atoms with Gasteiger partial charge in [0.15, 0.2) is 0 Å². The van der Waals surface area contributed by atoms with Crippen LogP contribution in [0.15, 0.2) is 18.6 Å². The second-order valence-corrected chi connectivity index (χ2v) is 4.10. The molecule has 1 unspecified atom stereocenters. The van der Waals surface area contributed by atoms with E-state index in [9.17, 15) is 4.79 Å². The summed E-state index contributed by atoms with van der Waals surface area (Å²) in [5, 5.41) is 0. The zero-order chi connectivity index (χ0) is 12.1. The molecule has 1 aliphatic heterocycles. The highest BCUT2D eigenvalue weighted by Crippen LogP contribution is 2.21. The Bertz CT molecular complexity index is 369. The molecule has 0 bridgehead atoms. The maximum absolute atomic E-state index is 11.7. The molecule has 1 fully saturated rings. The van der Waals surface area contributed by atoms with Gasteiger partial charge in [0.05, 0.1) is 12.5 Å². The van der Waals surface area contributed by atoms with Gasteiger partial charge in [0.25, 0.3) is 0 Å². The molecule has 1 aliphatic rings. The molecule has 0 aliphatic carbocycles. The lowest BCUT2D eigenvalue weighted by atomic mass is 9.98. The van der Waals surface area contributed by atoms with E-state index in [-0.39, 0.29) is 11.9 Å². The third kappa shape index (κ3) is 2.93. The summed E-state index contributed by atoms with van der Waals surface area (Å²) in [6.45, 7) is 3.91. The SMILES string of the molecule is CCOC(=O)C1CCCN(c2ccncn2)C1. The monoisotopic (exact) mass is 235 g/mol. The van der Waals surface area contributed by atoms with E-state index in [0.717, 1.165) is 25.2 Å². The van der Waals surface area contributed by atoms with Gasteiger partial charge in [0, 0.05) is 19.3 Å². The number of hydrogen-bond acceptors (Lipinski definition) is 5. The van der Waals surface area contributed by atoms with Crippen LogP contribution in [0.3, 0.4) is 0 Å². The van der Waals surface area contributed by atoms with Gasteiger partial charge in [-0.25, -0.2) is 9.97 Å². The van der Waals surface area contributed by atoms with Crippen molar-refractivity contribution in [3.63, 3.8) is 0 Å². The third-order valence-corrected chi connectivity index (χ3v) is 2.93. The average Bonchev–Trinajstić information content (AvgIpc) is 2.40. The van der Waals surface area contributed by atoms with Crippen molar-refractivity contribution < 1.29 is 9.53 Å². The van der Waals surface area contributed by atoms with E-state index in [4.69, 9.17) is 4.74 Å². The first-order chi connectivity index (χ1) is 8.31. The lowest BCUT2D eigenvalue weighted by Gasteiger charge is -2.32.